The first-order valence-electron chi connectivity index (χ1n) is 3.16. The van der Waals surface area contributed by atoms with Gasteiger partial charge in [-0.2, -0.15) is 0 Å². The van der Waals surface area contributed by atoms with Gasteiger partial charge in [-0.15, -0.1) is 0 Å². The number of benzene rings is 1. The summed E-state index contributed by atoms with van der Waals surface area (Å²) in [6, 6.07) is 3.85. The van der Waals surface area contributed by atoms with E-state index in [1.807, 2.05) is 0 Å². The SMILES string of the molecule is O=COc1cc(O)cc(C=O)c1. The number of carbonyl (C=O) groups is 2. The summed E-state index contributed by atoms with van der Waals surface area (Å²) in [5.41, 5.74) is 0.256. The Morgan fingerprint density at radius 3 is 2.58 bits per heavy atom. The summed E-state index contributed by atoms with van der Waals surface area (Å²) in [4.78, 5) is 20.2. The number of hydrogen-bond donors (Lipinski definition) is 1. The van der Waals surface area contributed by atoms with Gasteiger partial charge in [0.1, 0.15) is 17.8 Å². The second kappa shape index (κ2) is 3.52. The number of phenols is 1. The summed E-state index contributed by atoms with van der Waals surface area (Å²) in [6.07, 6.45) is 0.553. The number of rotatable bonds is 3. The van der Waals surface area contributed by atoms with Gasteiger partial charge in [-0.25, -0.2) is 0 Å². The maximum absolute atomic E-state index is 10.3. The fraction of sp³-hybridized carbons (Fsp3) is 0. The summed E-state index contributed by atoms with van der Waals surface area (Å²) in [6.45, 7) is 0.226. The third kappa shape index (κ3) is 1.82. The Bertz CT molecular complexity index is 306. The topological polar surface area (TPSA) is 63.6 Å². The van der Waals surface area contributed by atoms with Gasteiger partial charge in [0.25, 0.3) is 6.47 Å². The highest BCUT2D eigenvalue weighted by molar-refractivity contribution is 5.76. The molecule has 4 nitrogen and oxygen atoms in total. The molecule has 62 valence electrons. The molecule has 0 radical (unpaired) electrons. The van der Waals surface area contributed by atoms with Crippen LogP contribution in [0.25, 0.3) is 0 Å². The molecule has 0 bridgehead atoms. The molecule has 0 spiro atoms. The Kier molecular flexibility index (Phi) is 2.42. The van der Waals surface area contributed by atoms with Crippen molar-refractivity contribution in [3.05, 3.63) is 23.8 Å². The van der Waals surface area contributed by atoms with E-state index in [4.69, 9.17) is 5.11 Å². The monoisotopic (exact) mass is 166 g/mol. The lowest BCUT2D eigenvalue weighted by Gasteiger charge is -1.99. The van der Waals surface area contributed by atoms with Gasteiger partial charge < -0.3 is 9.84 Å². The first-order valence-corrected chi connectivity index (χ1v) is 3.16. The minimum Gasteiger partial charge on any atom is -0.508 e. The van der Waals surface area contributed by atoms with E-state index in [9.17, 15) is 9.59 Å². The van der Waals surface area contributed by atoms with Crippen LogP contribution in [0.4, 0.5) is 0 Å². The van der Waals surface area contributed by atoms with Gasteiger partial charge in [-0.3, -0.25) is 9.59 Å². The van der Waals surface area contributed by atoms with Crippen LogP contribution in [0, 0.1) is 0 Å². The molecule has 1 aromatic rings. The van der Waals surface area contributed by atoms with Crippen LogP contribution in [0.2, 0.25) is 0 Å². The summed E-state index contributed by atoms with van der Waals surface area (Å²) in [5.74, 6) is 0.0311. The van der Waals surface area contributed by atoms with Gasteiger partial charge >= 0.3 is 0 Å². The molecule has 0 unspecified atom stereocenters. The van der Waals surface area contributed by atoms with Crippen molar-refractivity contribution in [1.82, 2.24) is 0 Å². The van der Waals surface area contributed by atoms with E-state index < -0.39 is 0 Å². The fourth-order valence-electron chi connectivity index (χ4n) is 0.797. The van der Waals surface area contributed by atoms with E-state index in [-0.39, 0.29) is 23.5 Å². The second-order valence-electron chi connectivity index (χ2n) is 2.09. The molecule has 1 N–H and O–H groups in total. The minimum absolute atomic E-state index is 0.114. The molecule has 1 rings (SSSR count). The standard InChI is InChI=1S/C8H6O4/c9-4-6-1-7(11)3-8(2-6)12-5-10/h1-5,11H. The predicted octanol–water partition coefficient (Wildman–Crippen LogP) is 0.740. The van der Waals surface area contributed by atoms with Crippen LogP contribution in [0.3, 0.4) is 0 Å². The molecular formula is C8H6O4. The van der Waals surface area contributed by atoms with Gasteiger partial charge in [-0.05, 0) is 12.1 Å². The van der Waals surface area contributed by atoms with Crippen molar-refractivity contribution in [2.45, 2.75) is 0 Å². The fourth-order valence-corrected chi connectivity index (χ4v) is 0.797. The van der Waals surface area contributed by atoms with E-state index in [2.05, 4.69) is 4.74 Å². The van der Waals surface area contributed by atoms with Gasteiger partial charge in [-0.1, -0.05) is 0 Å². The first kappa shape index (κ1) is 8.26. The van der Waals surface area contributed by atoms with Crippen LogP contribution < -0.4 is 4.74 Å². The summed E-state index contributed by atoms with van der Waals surface area (Å²) in [7, 11) is 0. The van der Waals surface area contributed by atoms with Gasteiger partial charge in [0, 0.05) is 11.6 Å². The summed E-state index contributed by atoms with van der Waals surface area (Å²) >= 11 is 0. The Morgan fingerprint density at radius 2 is 2.00 bits per heavy atom. The van der Waals surface area contributed by atoms with Crippen molar-refractivity contribution in [2.75, 3.05) is 0 Å². The lowest BCUT2D eigenvalue weighted by Crippen LogP contribution is -1.89. The zero-order valence-corrected chi connectivity index (χ0v) is 6.06. The summed E-state index contributed by atoms with van der Waals surface area (Å²) < 4.78 is 4.43. The first-order chi connectivity index (χ1) is 5.76. The molecule has 0 aromatic heterocycles. The Labute approximate surface area is 68.4 Å². The Balaban J connectivity index is 3.05. The molecule has 0 fully saturated rings. The average molecular weight is 166 g/mol. The van der Waals surface area contributed by atoms with Gasteiger partial charge in [0.15, 0.2) is 0 Å². The maximum atomic E-state index is 10.3. The van der Waals surface area contributed by atoms with Crippen LogP contribution in [0.15, 0.2) is 18.2 Å². The highest BCUT2D eigenvalue weighted by atomic mass is 16.5. The molecule has 12 heavy (non-hydrogen) atoms. The predicted molar refractivity (Wildman–Crippen MR) is 40.2 cm³/mol. The highest BCUT2D eigenvalue weighted by Gasteiger charge is 1.99. The molecule has 0 amide bonds. The molecule has 0 saturated heterocycles. The van der Waals surface area contributed by atoms with Crippen molar-refractivity contribution in [3.63, 3.8) is 0 Å². The van der Waals surface area contributed by atoms with Crippen molar-refractivity contribution in [2.24, 2.45) is 0 Å². The lowest BCUT2D eigenvalue weighted by molar-refractivity contribution is -0.120. The molecule has 1 aromatic carbocycles. The van der Waals surface area contributed by atoms with Crippen molar-refractivity contribution in [3.8, 4) is 11.5 Å². The molecule has 0 aliphatic rings. The van der Waals surface area contributed by atoms with Crippen molar-refractivity contribution >= 4 is 12.8 Å². The van der Waals surface area contributed by atoms with Crippen molar-refractivity contribution < 1.29 is 19.4 Å². The number of aldehydes is 1. The Hall–Kier alpha value is -1.84. The van der Waals surface area contributed by atoms with Crippen LogP contribution in [0.1, 0.15) is 10.4 Å². The van der Waals surface area contributed by atoms with Gasteiger partial charge in [0.2, 0.25) is 0 Å². The molecule has 4 heteroatoms. The minimum atomic E-state index is -0.114. The summed E-state index contributed by atoms with van der Waals surface area (Å²) in [5, 5.41) is 9.00. The molecular weight excluding hydrogens is 160 g/mol. The van der Waals surface area contributed by atoms with Crippen LogP contribution in [-0.2, 0) is 4.79 Å². The number of phenolic OH excluding ortho intramolecular Hbond substituents is 1. The van der Waals surface area contributed by atoms with Gasteiger partial charge in [0.05, 0.1) is 0 Å². The molecule has 0 aliphatic heterocycles. The van der Waals surface area contributed by atoms with E-state index in [0.717, 1.165) is 0 Å². The number of hydrogen-bond acceptors (Lipinski definition) is 4. The smallest absolute Gasteiger partial charge is 0.298 e. The number of ether oxygens (including phenoxy) is 1. The molecule has 0 saturated carbocycles. The van der Waals surface area contributed by atoms with Crippen LogP contribution in [-0.4, -0.2) is 17.9 Å². The normalized spacial score (nSPS) is 9.00. The maximum Gasteiger partial charge on any atom is 0.298 e. The zero-order chi connectivity index (χ0) is 8.97. The molecule has 0 heterocycles. The third-order valence-electron chi connectivity index (χ3n) is 1.23. The number of aromatic hydroxyl groups is 1. The molecule has 0 aliphatic carbocycles. The van der Waals surface area contributed by atoms with E-state index in [1.54, 1.807) is 0 Å². The second-order valence-corrected chi connectivity index (χ2v) is 2.09. The van der Waals surface area contributed by atoms with E-state index >= 15 is 0 Å². The molecule has 0 atom stereocenters. The quantitative estimate of drug-likeness (QED) is 0.672. The van der Waals surface area contributed by atoms with Crippen LogP contribution >= 0.6 is 0 Å². The largest absolute Gasteiger partial charge is 0.508 e. The lowest BCUT2D eigenvalue weighted by atomic mass is 10.2. The number of carbonyl (C=O) groups excluding carboxylic acids is 2. The third-order valence-corrected chi connectivity index (χ3v) is 1.23. The van der Waals surface area contributed by atoms with Crippen molar-refractivity contribution in [1.29, 1.82) is 0 Å². The van der Waals surface area contributed by atoms with E-state index in [0.29, 0.717) is 6.29 Å². The van der Waals surface area contributed by atoms with Crippen LogP contribution in [0.5, 0.6) is 11.5 Å². The highest BCUT2D eigenvalue weighted by Crippen LogP contribution is 2.20. The zero-order valence-electron chi connectivity index (χ0n) is 6.06. The average Bonchev–Trinajstić information content (AvgIpc) is 2.04. The van der Waals surface area contributed by atoms with E-state index in [1.165, 1.54) is 18.2 Å². The Morgan fingerprint density at radius 1 is 1.25 bits per heavy atom.